The van der Waals surface area contributed by atoms with Crippen LogP contribution in [0.2, 0.25) is 0 Å². The number of nitrogens with one attached hydrogen (secondary N) is 1. The van der Waals surface area contributed by atoms with Gasteiger partial charge < -0.3 is 10.2 Å². The van der Waals surface area contributed by atoms with Crippen LogP contribution in [-0.4, -0.2) is 41.3 Å². The van der Waals surface area contributed by atoms with Crippen molar-refractivity contribution >= 4 is 11.5 Å². The predicted molar refractivity (Wildman–Crippen MR) is 137 cm³/mol. The lowest BCUT2D eigenvalue weighted by Gasteiger charge is -2.52. The number of Topliss-reactive ketones (excluding diaryl/α,β-unsaturated/α-hetero) is 1. The quantitative estimate of drug-likeness (QED) is 0.552. The number of nitriles is 1. The van der Waals surface area contributed by atoms with Crippen molar-refractivity contribution in [3.63, 3.8) is 0 Å². The summed E-state index contributed by atoms with van der Waals surface area (Å²) in [5.41, 5.74) is 4.59. The molecule has 5 heteroatoms. The highest BCUT2D eigenvalue weighted by Crippen LogP contribution is 2.67. The van der Waals surface area contributed by atoms with Gasteiger partial charge in [-0.2, -0.15) is 5.26 Å². The number of aromatic nitrogens is 1. The average molecular weight is 469 g/mol. The molecule has 1 aliphatic heterocycles. The molecule has 4 aliphatic rings. The first kappa shape index (κ1) is 22.7. The zero-order valence-corrected chi connectivity index (χ0v) is 20.8. The number of fused-ring (bicyclic) bond motifs is 1. The molecule has 0 spiro atoms. The van der Waals surface area contributed by atoms with Gasteiger partial charge in [-0.1, -0.05) is 6.07 Å². The Kier molecular flexibility index (Phi) is 5.89. The molecule has 2 bridgehead atoms. The fourth-order valence-corrected chi connectivity index (χ4v) is 7.77. The summed E-state index contributed by atoms with van der Waals surface area (Å²) in [6.07, 6.45) is 10.9. The summed E-state index contributed by atoms with van der Waals surface area (Å²) >= 11 is 0. The number of nitrogens with zero attached hydrogens (tertiary/aromatic N) is 3. The fraction of sp³-hybridized carbons (Fsp3) is 0.567. The van der Waals surface area contributed by atoms with Gasteiger partial charge >= 0.3 is 0 Å². The summed E-state index contributed by atoms with van der Waals surface area (Å²) in [7, 11) is 0. The Hall–Kier alpha value is -2.71. The minimum absolute atomic E-state index is 0.142. The minimum Gasteiger partial charge on any atom is -0.382 e. The second-order valence-electron chi connectivity index (χ2n) is 11.7. The van der Waals surface area contributed by atoms with Crippen molar-refractivity contribution in [2.24, 2.45) is 23.2 Å². The van der Waals surface area contributed by atoms with Gasteiger partial charge in [0.05, 0.1) is 11.6 Å². The number of benzene rings is 1. The highest BCUT2D eigenvalue weighted by Gasteiger charge is 2.64. The summed E-state index contributed by atoms with van der Waals surface area (Å²) in [4.78, 5) is 20.9. The number of likely N-dealkylation sites (tertiary alicyclic amines) is 1. The molecule has 1 aromatic carbocycles. The van der Waals surface area contributed by atoms with E-state index >= 15 is 0 Å². The molecule has 5 atom stereocenters. The van der Waals surface area contributed by atoms with Crippen molar-refractivity contribution in [2.75, 3.05) is 25.0 Å². The standard InChI is InChI=1S/C30H36N4O/c1-20-4-6-26(15-24(20)18-31)33-27-12-21-13-28-23(14-27)17-30(28,16-21)29(35)22-5-7-25(32-19-22)8-11-34-9-2-3-10-34/h4-7,15,19,21,23,27-28,33H,2-3,8-14,16-17H2,1H3/t21-,23-,27-,28?,30?/m0/s1. The first-order valence-corrected chi connectivity index (χ1v) is 13.5. The molecule has 5 nitrogen and oxygen atoms in total. The number of ketones is 1. The largest absolute Gasteiger partial charge is 0.382 e. The van der Waals surface area contributed by atoms with Gasteiger partial charge in [0.2, 0.25) is 0 Å². The summed E-state index contributed by atoms with van der Waals surface area (Å²) in [5, 5.41) is 13.1. The molecule has 2 aromatic rings. The Morgan fingerprint density at radius 1 is 1.17 bits per heavy atom. The summed E-state index contributed by atoms with van der Waals surface area (Å²) in [6.45, 7) is 5.48. The number of carbonyl (C=O) groups is 1. The van der Waals surface area contributed by atoms with Crippen molar-refractivity contribution in [1.82, 2.24) is 9.88 Å². The number of hydrogen-bond donors (Lipinski definition) is 1. The van der Waals surface area contributed by atoms with Gasteiger partial charge in [0, 0.05) is 47.6 Å². The zero-order chi connectivity index (χ0) is 24.0. The van der Waals surface area contributed by atoms with Gasteiger partial charge in [-0.25, -0.2) is 0 Å². The van der Waals surface area contributed by atoms with Crippen molar-refractivity contribution in [2.45, 2.75) is 64.3 Å². The lowest BCUT2D eigenvalue weighted by Crippen LogP contribution is -2.51. The van der Waals surface area contributed by atoms with Crippen LogP contribution in [0.3, 0.4) is 0 Å². The average Bonchev–Trinajstić information content (AvgIpc) is 3.44. The Labute approximate surface area is 208 Å². The molecule has 2 heterocycles. The van der Waals surface area contributed by atoms with E-state index < -0.39 is 0 Å². The van der Waals surface area contributed by atoms with Gasteiger partial charge in [0.25, 0.3) is 0 Å². The van der Waals surface area contributed by atoms with Crippen LogP contribution in [0, 0.1) is 41.4 Å². The zero-order valence-electron chi connectivity index (χ0n) is 20.8. The summed E-state index contributed by atoms with van der Waals surface area (Å²) in [6, 6.07) is 13.0. The van der Waals surface area contributed by atoms with E-state index in [9.17, 15) is 10.1 Å². The molecular weight excluding hydrogens is 432 g/mol. The van der Waals surface area contributed by atoms with E-state index in [1.54, 1.807) is 0 Å². The maximum Gasteiger partial charge on any atom is 0.170 e. The SMILES string of the molecule is Cc1ccc(N[C@H]2C[C@H]3CC4[C@@H](C2)CC4(C(=O)c2ccc(CCN4CCCC4)nc2)C3)cc1C#N. The smallest absolute Gasteiger partial charge is 0.170 e. The highest BCUT2D eigenvalue weighted by atomic mass is 16.1. The molecule has 3 saturated carbocycles. The maximum atomic E-state index is 13.7. The van der Waals surface area contributed by atoms with E-state index in [4.69, 9.17) is 0 Å². The van der Waals surface area contributed by atoms with Gasteiger partial charge in [-0.15, -0.1) is 0 Å². The third-order valence-corrected chi connectivity index (χ3v) is 9.50. The van der Waals surface area contributed by atoms with Crippen LogP contribution in [0.25, 0.3) is 0 Å². The predicted octanol–water partition coefficient (Wildman–Crippen LogP) is 5.39. The Bertz CT molecular complexity index is 1140. The van der Waals surface area contributed by atoms with Crippen molar-refractivity contribution in [1.29, 1.82) is 5.26 Å². The molecule has 1 saturated heterocycles. The number of aryl methyl sites for hydroxylation is 1. The topological polar surface area (TPSA) is 69.0 Å². The molecule has 4 fully saturated rings. The van der Waals surface area contributed by atoms with E-state index in [1.807, 2.05) is 31.3 Å². The molecule has 1 aromatic heterocycles. The molecule has 3 aliphatic carbocycles. The van der Waals surface area contributed by atoms with Crippen molar-refractivity contribution in [3.05, 3.63) is 58.9 Å². The Balaban J connectivity index is 1.09. The second-order valence-corrected chi connectivity index (χ2v) is 11.7. The van der Waals surface area contributed by atoms with Gasteiger partial charge in [-0.3, -0.25) is 9.78 Å². The molecule has 35 heavy (non-hydrogen) atoms. The van der Waals surface area contributed by atoms with Crippen LogP contribution in [0.1, 0.15) is 72.1 Å². The molecule has 182 valence electrons. The molecule has 0 radical (unpaired) electrons. The first-order valence-electron chi connectivity index (χ1n) is 13.5. The lowest BCUT2D eigenvalue weighted by atomic mass is 9.51. The molecule has 2 unspecified atom stereocenters. The van der Waals surface area contributed by atoms with E-state index in [-0.39, 0.29) is 5.41 Å². The van der Waals surface area contributed by atoms with Crippen LogP contribution in [0.15, 0.2) is 36.5 Å². The van der Waals surface area contributed by atoms with E-state index in [1.165, 1.54) is 32.4 Å². The van der Waals surface area contributed by atoms with Crippen LogP contribution >= 0.6 is 0 Å². The maximum absolute atomic E-state index is 13.7. The summed E-state index contributed by atoms with van der Waals surface area (Å²) < 4.78 is 0. The second kappa shape index (κ2) is 9.06. The Morgan fingerprint density at radius 2 is 2.03 bits per heavy atom. The molecule has 1 N–H and O–H groups in total. The molecule has 6 rings (SSSR count). The van der Waals surface area contributed by atoms with Gasteiger partial charge in [-0.05, 0) is 113 Å². The van der Waals surface area contributed by atoms with Crippen LogP contribution in [-0.2, 0) is 6.42 Å². The molecular formula is C30H36N4O. The van der Waals surface area contributed by atoms with Gasteiger partial charge in [0.1, 0.15) is 0 Å². The molecule has 0 amide bonds. The van der Waals surface area contributed by atoms with Crippen LogP contribution in [0.5, 0.6) is 0 Å². The number of anilines is 1. The highest BCUT2D eigenvalue weighted by molar-refractivity contribution is 6.01. The third kappa shape index (κ3) is 4.16. The third-order valence-electron chi connectivity index (χ3n) is 9.50. The normalized spacial score (nSPS) is 31.4. The number of rotatable bonds is 7. The van der Waals surface area contributed by atoms with Crippen molar-refractivity contribution in [3.8, 4) is 6.07 Å². The number of carbonyl (C=O) groups excluding carboxylic acids is 1. The van der Waals surface area contributed by atoms with Crippen LogP contribution < -0.4 is 5.32 Å². The van der Waals surface area contributed by atoms with E-state index in [0.717, 1.165) is 66.7 Å². The monoisotopic (exact) mass is 468 g/mol. The fourth-order valence-electron chi connectivity index (χ4n) is 7.77. The number of hydrogen-bond acceptors (Lipinski definition) is 5. The first-order chi connectivity index (χ1) is 17.0. The minimum atomic E-state index is -0.142. The van der Waals surface area contributed by atoms with E-state index in [0.29, 0.717) is 29.6 Å². The van der Waals surface area contributed by atoms with Gasteiger partial charge in [0.15, 0.2) is 5.78 Å². The van der Waals surface area contributed by atoms with E-state index in [2.05, 4.69) is 33.4 Å². The van der Waals surface area contributed by atoms with Crippen molar-refractivity contribution < 1.29 is 4.79 Å². The lowest BCUT2D eigenvalue weighted by molar-refractivity contribution is -0.00793. The van der Waals surface area contributed by atoms with Crippen LogP contribution in [0.4, 0.5) is 5.69 Å². The summed E-state index contributed by atoms with van der Waals surface area (Å²) in [5.74, 6) is 2.10. The number of pyridine rings is 1. The Morgan fingerprint density at radius 3 is 2.80 bits per heavy atom.